The molecule has 0 aliphatic carbocycles. The van der Waals surface area contributed by atoms with Crippen LogP contribution in [0, 0.1) is 0 Å². The van der Waals surface area contributed by atoms with Crippen LogP contribution in [0.1, 0.15) is 18.5 Å². The van der Waals surface area contributed by atoms with Crippen LogP contribution in [0.25, 0.3) is 0 Å². The summed E-state index contributed by atoms with van der Waals surface area (Å²) in [5.41, 5.74) is 0.824. The zero-order chi connectivity index (χ0) is 11.4. The standard InChI is InChI=1S/C12H13N3O/c1-9(10-5-3-2-4-6-10)14-11-7-8-13-12(16)15-11/h2-9H,1H3,(H2,13,14,15,16). The van der Waals surface area contributed by atoms with Gasteiger partial charge in [-0.2, -0.15) is 0 Å². The van der Waals surface area contributed by atoms with Crippen molar-refractivity contribution in [2.24, 2.45) is 0 Å². The summed E-state index contributed by atoms with van der Waals surface area (Å²) < 4.78 is 0. The molecule has 16 heavy (non-hydrogen) atoms. The molecule has 0 bridgehead atoms. The molecular formula is C12H13N3O. The first-order valence-electron chi connectivity index (χ1n) is 5.12. The van der Waals surface area contributed by atoms with Gasteiger partial charge in [-0.25, -0.2) is 9.78 Å². The second kappa shape index (κ2) is 4.61. The lowest BCUT2D eigenvalue weighted by Gasteiger charge is -2.14. The van der Waals surface area contributed by atoms with Crippen LogP contribution < -0.4 is 11.0 Å². The second-order valence-corrected chi connectivity index (χ2v) is 3.57. The fourth-order valence-corrected chi connectivity index (χ4v) is 1.51. The van der Waals surface area contributed by atoms with Crippen molar-refractivity contribution < 1.29 is 0 Å². The molecule has 1 aromatic carbocycles. The third-order valence-corrected chi connectivity index (χ3v) is 2.35. The molecule has 0 radical (unpaired) electrons. The summed E-state index contributed by atoms with van der Waals surface area (Å²) in [6.07, 6.45) is 1.48. The Balaban J connectivity index is 2.14. The predicted octanol–water partition coefficient (Wildman–Crippen LogP) is 1.94. The molecule has 4 nitrogen and oxygen atoms in total. The lowest BCUT2D eigenvalue weighted by atomic mass is 10.1. The average molecular weight is 215 g/mol. The summed E-state index contributed by atoms with van der Waals surface area (Å²) >= 11 is 0. The van der Waals surface area contributed by atoms with Gasteiger partial charge in [0.25, 0.3) is 0 Å². The minimum Gasteiger partial charge on any atom is -0.365 e. The highest BCUT2D eigenvalue weighted by Crippen LogP contribution is 2.15. The zero-order valence-electron chi connectivity index (χ0n) is 8.97. The van der Waals surface area contributed by atoms with Crippen LogP contribution >= 0.6 is 0 Å². The predicted molar refractivity (Wildman–Crippen MR) is 63.3 cm³/mol. The number of nitrogens with one attached hydrogen (secondary N) is 2. The third-order valence-electron chi connectivity index (χ3n) is 2.35. The largest absolute Gasteiger partial charge is 0.365 e. The topological polar surface area (TPSA) is 57.8 Å². The zero-order valence-corrected chi connectivity index (χ0v) is 8.97. The van der Waals surface area contributed by atoms with Gasteiger partial charge in [0, 0.05) is 12.2 Å². The Labute approximate surface area is 93.4 Å². The number of hydrogen-bond acceptors (Lipinski definition) is 3. The average Bonchev–Trinajstić information content (AvgIpc) is 2.30. The molecule has 1 heterocycles. The molecule has 1 aromatic heterocycles. The molecule has 0 saturated heterocycles. The Morgan fingerprint density at radius 1 is 1.25 bits per heavy atom. The van der Waals surface area contributed by atoms with Gasteiger partial charge in [-0.1, -0.05) is 30.3 Å². The van der Waals surface area contributed by atoms with Crippen molar-refractivity contribution in [2.45, 2.75) is 13.0 Å². The normalized spacial score (nSPS) is 12.1. The minimum absolute atomic E-state index is 0.138. The fraction of sp³-hybridized carbons (Fsp3) is 0.167. The van der Waals surface area contributed by atoms with Gasteiger partial charge < -0.3 is 5.32 Å². The Morgan fingerprint density at radius 2 is 2.00 bits per heavy atom. The van der Waals surface area contributed by atoms with Crippen LogP contribution in [0.15, 0.2) is 47.4 Å². The molecule has 1 unspecified atom stereocenters. The lowest BCUT2D eigenvalue weighted by Crippen LogP contribution is -2.14. The van der Waals surface area contributed by atoms with Crippen molar-refractivity contribution in [3.8, 4) is 0 Å². The van der Waals surface area contributed by atoms with E-state index in [1.807, 2.05) is 37.3 Å². The van der Waals surface area contributed by atoms with Crippen molar-refractivity contribution in [2.75, 3.05) is 5.32 Å². The molecule has 0 saturated carbocycles. The maximum atomic E-state index is 11.0. The first-order valence-corrected chi connectivity index (χ1v) is 5.12. The van der Waals surface area contributed by atoms with Crippen molar-refractivity contribution in [1.82, 2.24) is 9.97 Å². The van der Waals surface area contributed by atoms with Gasteiger partial charge in [0.15, 0.2) is 0 Å². The van der Waals surface area contributed by atoms with Gasteiger partial charge >= 0.3 is 5.69 Å². The maximum absolute atomic E-state index is 11.0. The molecule has 0 aliphatic heterocycles. The summed E-state index contributed by atoms with van der Waals surface area (Å²) in [5, 5.41) is 3.20. The van der Waals surface area contributed by atoms with Gasteiger partial charge in [-0.3, -0.25) is 4.98 Å². The molecule has 0 fully saturated rings. The Kier molecular flexibility index (Phi) is 3.00. The van der Waals surface area contributed by atoms with E-state index in [0.29, 0.717) is 5.82 Å². The van der Waals surface area contributed by atoms with E-state index in [1.54, 1.807) is 6.07 Å². The van der Waals surface area contributed by atoms with Gasteiger partial charge in [0.1, 0.15) is 5.82 Å². The van der Waals surface area contributed by atoms with Crippen LogP contribution in [0.5, 0.6) is 0 Å². The quantitative estimate of drug-likeness (QED) is 0.822. The number of aromatic nitrogens is 2. The molecule has 2 N–H and O–H groups in total. The van der Waals surface area contributed by atoms with Crippen molar-refractivity contribution >= 4 is 5.82 Å². The van der Waals surface area contributed by atoms with Crippen molar-refractivity contribution in [1.29, 1.82) is 0 Å². The molecule has 0 spiro atoms. The summed E-state index contributed by atoms with van der Waals surface area (Å²) in [6, 6.07) is 11.9. The van der Waals surface area contributed by atoms with E-state index in [9.17, 15) is 4.79 Å². The molecule has 1 atom stereocenters. The number of rotatable bonds is 3. The van der Waals surface area contributed by atoms with E-state index < -0.39 is 0 Å². The third kappa shape index (κ3) is 2.48. The van der Waals surface area contributed by atoms with Crippen LogP contribution in [0.2, 0.25) is 0 Å². The van der Waals surface area contributed by atoms with Crippen molar-refractivity contribution in [3.05, 3.63) is 58.6 Å². The molecular weight excluding hydrogens is 202 g/mol. The molecule has 2 rings (SSSR count). The van der Waals surface area contributed by atoms with Crippen LogP contribution in [-0.4, -0.2) is 9.97 Å². The molecule has 0 aliphatic rings. The summed E-state index contributed by atoms with van der Waals surface area (Å²) in [6.45, 7) is 2.04. The Morgan fingerprint density at radius 3 is 2.69 bits per heavy atom. The molecule has 0 amide bonds. The molecule has 4 heteroatoms. The smallest absolute Gasteiger partial charge is 0.346 e. The van der Waals surface area contributed by atoms with Crippen LogP contribution in [0.3, 0.4) is 0 Å². The first-order chi connectivity index (χ1) is 7.75. The monoisotopic (exact) mass is 215 g/mol. The summed E-state index contributed by atoms with van der Waals surface area (Å²) in [5.74, 6) is 0.677. The molecule has 2 aromatic rings. The van der Waals surface area contributed by atoms with E-state index in [-0.39, 0.29) is 11.7 Å². The highest BCUT2D eigenvalue weighted by atomic mass is 16.1. The Hall–Kier alpha value is -2.10. The maximum Gasteiger partial charge on any atom is 0.346 e. The highest BCUT2D eigenvalue weighted by molar-refractivity contribution is 5.36. The van der Waals surface area contributed by atoms with Gasteiger partial charge in [0.2, 0.25) is 0 Å². The van der Waals surface area contributed by atoms with E-state index in [2.05, 4.69) is 15.3 Å². The van der Waals surface area contributed by atoms with Gasteiger partial charge in [0.05, 0.1) is 0 Å². The summed E-state index contributed by atoms with van der Waals surface area (Å²) in [7, 11) is 0. The van der Waals surface area contributed by atoms with E-state index in [4.69, 9.17) is 0 Å². The SMILES string of the molecule is CC(Nc1ccnc(=O)[nH]1)c1ccccc1. The second-order valence-electron chi connectivity index (χ2n) is 3.57. The number of anilines is 1. The number of nitrogens with zero attached hydrogens (tertiary/aromatic N) is 1. The first kappa shape index (κ1) is 10.4. The number of hydrogen-bond donors (Lipinski definition) is 2. The fourth-order valence-electron chi connectivity index (χ4n) is 1.51. The van der Waals surface area contributed by atoms with E-state index in [1.165, 1.54) is 11.8 Å². The van der Waals surface area contributed by atoms with Crippen molar-refractivity contribution in [3.63, 3.8) is 0 Å². The highest BCUT2D eigenvalue weighted by Gasteiger charge is 2.04. The number of benzene rings is 1. The van der Waals surface area contributed by atoms with E-state index in [0.717, 1.165) is 0 Å². The van der Waals surface area contributed by atoms with E-state index >= 15 is 0 Å². The van der Waals surface area contributed by atoms with Crippen LogP contribution in [0.4, 0.5) is 5.82 Å². The number of aromatic amines is 1. The number of H-pyrrole nitrogens is 1. The minimum atomic E-state index is -0.342. The molecule has 82 valence electrons. The Bertz CT molecular complexity index is 507. The summed E-state index contributed by atoms with van der Waals surface area (Å²) in [4.78, 5) is 17.2. The van der Waals surface area contributed by atoms with Gasteiger partial charge in [-0.15, -0.1) is 0 Å². The van der Waals surface area contributed by atoms with Gasteiger partial charge in [-0.05, 0) is 18.6 Å². The van der Waals surface area contributed by atoms with Crippen LogP contribution in [-0.2, 0) is 0 Å². The lowest BCUT2D eigenvalue weighted by molar-refractivity contribution is 0.867.